The Kier molecular flexibility index (Phi) is 3.70. The maximum absolute atomic E-state index is 10.9. The molecule has 0 amide bonds. The summed E-state index contributed by atoms with van der Waals surface area (Å²) in [6.45, 7) is 1.84. The third-order valence-corrected chi connectivity index (χ3v) is 2.75. The van der Waals surface area contributed by atoms with Gasteiger partial charge in [0, 0.05) is 11.8 Å². The first kappa shape index (κ1) is 13.6. The summed E-state index contributed by atoms with van der Waals surface area (Å²) in [5, 5.41) is 28.3. The number of aliphatic imine (C=N–C) groups is 1. The van der Waals surface area contributed by atoms with Crippen molar-refractivity contribution in [1.29, 1.82) is 0 Å². The van der Waals surface area contributed by atoms with Gasteiger partial charge in [-0.1, -0.05) is 6.07 Å². The molecule has 0 radical (unpaired) electrons. The van der Waals surface area contributed by atoms with Crippen LogP contribution < -0.4 is 0 Å². The van der Waals surface area contributed by atoms with Crippen molar-refractivity contribution in [2.24, 2.45) is 4.99 Å². The summed E-state index contributed by atoms with van der Waals surface area (Å²) in [6, 6.07) is 8.91. The Bertz CT molecular complexity index is 692. The highest BCUT2D eigenvalue weighted by molar-refractivity contribution is 5.93. The van der Waals surface area contributed by atoms with Crippen molar-refractivity contribution in [2.75, 3.05) is 0 Å². The molecule has 5 heteroatoms. The van der Waals surface area contributed by atoms with Crippen LogP contribution >= 0.6 is 0 Å². The average molecular weight is 271 g/mol. The molecule has 0 spiro atoms. The van der Waals surface area contributed by atoms with Gasteiger partial charge in [-0.05, 0) is 42.8 Å². The standard InChI is InChI=1S/C15H13NO4/c1-9-2-4-12(14(18)6-9)16-8-11-7-10(15(19)20)3-5-13(11)17/h2-8,17-18H,1H3,(H,19,20). The fraction of sp³-hybridized carbons (Fsp3) is 0.0667. The summed E-state index contributed by atoms with van der Waals surface area (Å²) in [7, 11) is 0. The molecule has 0 atom stereocenters. The summed E-state index contributed by atoms with van der Waals surface area (Å²) in [5.74, 6) is -1.14. The molecule has 102 valence electrons. The van der Waals surface area contributed by atoms with E-state index in [1.165, 1.54) is 24.4 Å². The van der Waals surface area contributed by atoms with E-state index in [0.717, 1.165) is 5.56 Å². The highest BCUT2D eigenvalue weighted by atomic mass is 16.4. The zero-order valence-electron chi connectivity index (χ0n) is 10.7. The Morgan fingerprint density at radius 3 is 2.50 bits per heavy atom. The summed E-state index contributed by atoms with van der Waals surface area (Å²) in [6.07, 6.45) is 1.31. The van der Waals surface area contributed by atoms with Crippen molar-refractivity contribution in [3.8, 4) is 11.5 Å². The van der Waals surface area contributed by atoms with Gasteiger partial charge in [-0.25, -0.2) is 4.79 Å². The van der Waals surface area contributed by atoms with Crippen molar-refractivity contribution in [3.05, 3.63) is 53.1 Å². The number of hydrogen-bond acceptors (Lipinski definition) is 4. The van der Waals surface area contributed by atoms with E-state index in [9.17, 15) is 15.0 Å². The Morgan fingerprint density at radius 1 is 1.10 bits per heavy atom. The van der Waals surface area contributed by atoms with E-state index in [0.29, 0.717) is 5.69 Å². The van der Waals surface area contributed by atoms with E-state index in [1.54, 1.807) is 18.2 Å². The number of aryl methyl sites for hydroxylation is 1. The van der Waals surface area contributed by atoms with Crippen LogP contribution in [0.1, 0.15) is 21.5 Å². The highest BCUT2D eigenvalue weighted by Crippen LogP contribution is 2.27. The zero-order chi connectivity index (χ0) is 14.7. The first-order valence-electron chi connectivity index (χ1n) is 5.87. The second-order valence-corrected chi connectivity index (χ2v) is 4.33. The van der Waals surface area contributed by atoms with Crippen molar-refractivity contribution in [2.45, 2.75) is 6.92 Å². The van der Waals surface area contributed by atoms with E-state index >= 15 is 0 Å². The molecule has 0 unspecified atom stereocenters. The maximum Gasteiger partial charge on any atom is 0.335 e. The SMILES string of the molecule is Cc1ccc(N=Cc2cc(C(=O)O)ccc2O)c(O)c1. The van der Waals surface area contributed by atoms with Gasteiger partial charge >= 0.3 is 5.97 Å². The second-order valence-electron chi connectivity index (χ2n) is 4.33. The number of nitrogens with zero attached hydrogens (tertiary/aromatic N) is 1. The smallest absolute Gasteiger partial charge is 0.335 e. The van der Waals surface area contributed by atoms with Crippen molar-refractivity contribution >= 4 is 17.9 Å². The lowest BCUT2D eigenvalue weighted by molar-refractivity contribution is 0.0697. The van der Waals surface area contributed by atoms with E-state index in [4.69, 9.17) is 5.11 Å². The molecular formula is C15H13NO4. The molecule has 0 aliphatic rings. The number of benzene rings is 2. The lowest BCUT2D eigenvalue weighted by Crippen LogP contribution is -1.97. The Labute approximate surface area is 115 Å². The van der Waals surface area contributed by atoms with Crippen LogP contribution in [0.25, 0.3) is 0 Å². The van der Waals surface area contributed by atoms with Crippen LogP contribution in [0, 0.1) is 6.92 Å². The number of aromatic hydroxyl groups is 2. The first-order valence-corrected chi connectivity index (χ1v) is 5.87. The van der Waals surface area contributed by atoms with E-state index < -0.39 is 5.97 Å². The summed E-state index contributed by atoms with van der Waals surface area (Å²) >= 11 is 0. The van der Waals surface area contributed by atoms with Crippen LogP contribution in [-0.2, 0) is 0 Å². The minimum absolute atomic E-state index is 0.0233. The number of carboxylic acids is 1. The molecule has 0 aliphatic heterocycles. The quantitative estimate of drug-likeness (QED) is 0.749. The average Bonchev–Trinajstić information content (AvgIpc) is 2.39. The maximum atomic E-state index is 10.9. The van der Waals surface area contributed by atoms with Crippen molar-refractivity contribution < 1.29 is 20.1 Å². The van der Waals surface area contributed by atoms with E-state index in [-0.39, 0.29) is 22.6 Å². The lowest BCUT2D eigenvalue weighted by Gasteiger charge is -2.02. The van der Waals surface area contributed by atoms with Gasteiger partial charge in [-0.2, -0.15) is 0 Å². The Hall–Kier alpha value is -2.82. The van der Waals surface area contributed by atoms with Gasteiger partial charge in [0.25, 0.3) is 0 Å². The molecule has 20 heavy (non-hydrogen) atoms. The molecule has 2 rings (SSSR count). The van der Waals surface area contributed by atoms with Gasteiger partial charge < -0.3 is 15.3 Å². The van der Waals surface area contributed by atoms with E-state index in [1.807, 2.05) is 6.92 Å². The number of phenolic OH excluding ortho intramolecular Hbond substituents is 2. The molecule has 0 bridgehead atoms. The number of aromatic carboxylic acids is 1. The monoisotopic (exact) mass is 271 g/mol. The van der Waals surface area contributed by atoms with Gasteiger partial charge in [0.2, 0.25) is 0 Å². The molecular weight excluding hydrogens is 258 g/mol. The van der Waals surface area contributed by atoms with Gasteiger partial charge in [-0.15, -0.1) is 0 Å². The number of carbonyl (C=O) groups is 1. The molecule has 5 nitrogen and oxygen atoms in total. The second kappa shape index (κ2) is 5.44. The fourth-order valence-corrected chi connectivity index (χ4v) is 1.67. The fourth-order valence-electron chi connectivity index (χ4n) is 1.67. The topological polar surface area (TPSA) is 90.1 Å². The van der Waals surface area contributed by atoms with E-state index in [2.05, 4.69) is 4.99 Å². The number of phenols is 2. The third kappa shape index (κ3) is 2.95. The van der Waals surface area contributed by atoms with Crippen LogP contribution in [0.4, 0.5) is 5.69 Å². The molecule has 0 heterocycles. The molecule has 2 aromatic rings. The molecule has 0 saturated heterocycles. The number of carboxylic acid groups (broad SMARTS) is 1. The predicted molar refractivity (Wildman–Crippen MR) is 75.2 cm³/mol. The molecule has 3 N–H and O–H groups in total. The molecule has 0 saturated carbocycles. The Morgan fingerprint density at radius 2 is 1.85 bits per heavy atom. The van der Waals surface area contributed by atoms with Crippen LogP contribution in [0.3, 0.4) is 0 Å². The van der Waals surface area contributed by atoms with Crippen LogP contribution in [0.15, 0.2) is 41.4 Å². The van der Waals surface area contributed by atoms with Crippen LogP contribution in [-0.4, -0.2) is 27.5 Å². The number of rotatable bonds is 3. The highest BCUT2D eigenvalue weighted by Gasteiger charge is 2.06. The van der Waals surface area contributed by atoms with Crippen molar-refractivity contribution in [1.82, 2.24) is 0 Å². The summed E-state index contributed by atoms with van der Waals surface area (Å²) < 4.78 is 0. The molecule has 2 aromatic carbocycles. The number of hydrogen-bond donors (Lipinski definition) is 3. The van der Waals surface area contributed by atoms with Crippen LogP contribution in [0.5, 0.6) is 11.5 Å². The molecule has 0 fully saturated rings. The largest absolute Gasteiger partial charge is 0.507 e. The van der Waals surface area contributed by atoms with Gasteiger partial charge in [-0.3, -0.25) is 4.99 Å². The predicted octanol–water partition coefficient (Wildman–Crippen LogP) is 2.86. The van der Waals surface area contributed by atoms with Gasteiger partial charge in [0.05, 0.1) is 5.56 Å². The lowest BCUT2D eigenvalue weighted by atomic mass is 10.1. The Balaban J connectivity index is 2.35. The van der Waals surface area contributed by atoms with Crippen LogP contribution in [0.2, 0.25) is 0 Å². The molecule has 0 aliphatic carbocycles. The first-order chi connectivity index (χ1) is 9.47. The minimum atomic E-state index is -1.09. The summed E-state index contributed by atoms with van der Waals surface area (Å²) in [5.41, 5.74) is 1.56. The van der Waals surface area contributed by atoms with Gasteiger partial charge in [0.15, 0.2) is 0 Å². The summed E-state index contributed by atoms with van der Waals surface area (Å²) in [4.78, 5) is 14.9. The van der Waals surface area contributed by atoms with Crippen molar-refractivity contribution in [3.63, 3.8) is 0 Å². The minimum Gasteiger partial charge on any atom is -0.507 e. The van der Waals surface area contributed by atoms with Gasteiger partial charge in [0.1, 0.15) is 17.2 Å². The third-order valence-electron chi connectivity index (χ3n) is 2.75. The normalized spacial score (nSPS) is 10.8. The molecule has 0 aromatic heterocycles. The zero-order valence-corrected chi connectivity index (χ0v) is 10.7.